The number of hydrogen-bond donors (Lipinski definition) is 0. The van der Waals surface area contributed by atoms with Crippen LogP contribution in [-0.2, 0) is 11.3 Å². The number of halogens is 1. The molecule has 0 saturated heterocycles. The highest BCUT2D eigenvalue weighted by atomic mass is 35.5. The number of benzene rings is 1. The largest absolute Gasteiger partial charge is 0.466 e. The van der Waals surface area contributed by atoms with Gasteiger partial charge < -0.3 is 9.47 Å². The topological polar surface area (TPSA) is 71.2 Å². The van der Waals surface area contributed by atoms with Crippen molar-refractivity contribution < 1.29 is 9.47 Å². The Morgan fingerprint density at radius 1 is 1.33 bits per heavy atom. The van der Waals surface area contributed by atoms with E-state index in [1.54, 1.807) is 12.1 Å². The Balaban J connectivity index is 2.46. The monoisotopic (exact) mass is 312 g/mol. The van der Waals surface area contributed by atoms with Gasteiger partial charge in [0.15, 0.2) is 6.79 Å². The molecule has 0 fully saturated rings. The predicted molar refractivity (Wildman–Crippen MR) is 78.2 cm³/mol. The molecule has 0 saturated carbocycles. The van der Waals surface area contributed by atoms with Gasteiger partial charge >= 0.3 is 5.69 Å². The van der Waals surface area contributed by atoms with Crippen LogP contribution in [0.2, 0.25) is 5.02 Å². The Kier molecular flexibility index (Phi) is 4.98. The molecular formula is C13H17ClN4O3. The third kappa shape index (κ3) is 3.25. The lowest BCUT2D eigenvalue weighted by Crippen LogP contribution is -2.24. The molecule has 0 amide bonds. The van der Waals surface area contributed by atoms with Gasteiger partial charge in [-0.2, -0.15) is 9.36 Å². The summed E-state index contributed by atoms with van der Waals surface area (Å²) < 4.78 is 12.8. The van der Waals surface area contributed by atoms with Crippen LogP contribution in [0.4, 0.5) is 0 Å². The highest BCUT2D eigenvalue weighted by molar-refractivity contribution is 6.32. The van der Waals surface area contributed by atoms with Gasteiger partial charge in [0.25, 0.3) is 0 Å². The minimum absolute atomic E-state index is 0.0691. The zero-order valence-electron chi connectivity index (χ0n) is 12.2. The quantitative estimate of drug-likeness (QED) is 0.760. The van der Waals surface area contributed by atoms with Gasteiger partial charge in [-0.05, 0) is 35.4 Å². The Bertz CT molecular complexity index is 681. The zero-order valence-corrected chi connectivity index (χ0v) is 12.9. The van der Waals surface area contributed by atoms with Crippen molar-refractivity contribution in [2.45, 2.75) is 26.8 Å². The normalized spacial score (nSPS) is 10.9. The lowest BCUT2D eigenvalue weighted by Gasteiger charge is -2.10. The van der Waals surface area contributed by atoms with Gasteiger partial charge in [-0.25, -0.2) is 4.79 Å². The summed E-state index contributed by atoms with van der Waals surface area (Å²) in [5.74, 6) is 0.427. The van der Waals surface area contributed by atoms with Crippen molar-refractivity contribution >= 4 is 11.6 Å². The van der Waals surface area contributed by atoms with E-state index < -0.39 is 0 Å². The molecule has 0 bridgehead atoms. The lowest BCUT2D eigenvalue weighted by molar-refractivity contribution is 0.0512. The van der Waals surface area contributed by atoms with Gasteiger partial charge in [0, 0.05) is 19.7 Å². The Labute approximate surface area is 127 Å². The fraction of sp³-hybridized carbons (Fsp3) is 0.462. The molecule has 2 aromatic rings. The molecule has 0 aliphatic rings. The average molecular weight is 313 g/mol. The first-order valence-electron chi connectivity index (χ1n) is 6.53. The molecule has 1 aromatic heterocycles. The fourth-order valence-corrected chi connectivity index (χ4v) is 2.15. The van der Waals surface area contributed by atoms with Crippen LogP contribution in [-0.4, -0.2) is 33.7 Å². The van der Waals surface area contributed by atoms with Crippen LogP contribution in [0.5, 0.6) is 5.75 Å². The number of nitrogens with zero attached hydrogens (tertiary/aromatic N) is 4. The van der Waals surface area contributed by atoms with Crippen molar-refractivity contribution in [2.75, 3.05) is 13.9 Å². The molecule has 2 rings (SSSR count). The summed E-state index contributed by atoms with van der Waals surface area (Å²) in [6.07, 6.45) is 0.806. The van der Waals surface area contributed by atoms with Crippen LogP contribution < -0.4 is 10.4 Å². The van der Waals surface area contributed by atoms with E-state index in [0.717, 1.165) is 12.0 Å². The molecule has 1 aromatic carbocycles. The van der Waals surface area contributed by atoms with Crippen molar-refractivity contribution in [1.29, 1.82) is 0 Å². The molecule has 8 heteroatoms. The van der Waals surface area contributed by atoms with Gasteiger partial charge in [-0.3, -0.25) is 0 Å². The number of aromatic nitrogens is 4. The van der Waals surface area contributed by atoms with E-state index in [9.17, 15) is 4.79 Å². The van der Waals surface area contributed by atoms with Crippen molar-refractivity contribution in [3.8, 4) is 11.4 Å². The molecule has 7 nitrogen and oxygen atoms in total. The SMILES string of the molecule is CCCn1nnn(-c2cc(OCOC)c(Cl)cc2C)c1=O. The van der Waals surface area contributed by atoms with E-state index in [-0.39, 0.29) is 12.5 Å². The molecule has 0 spiro atoms. The van der Waals surface area contributed by atoms with Crippen LogP contribution in [0, 0.1) is 6.92 Å². The Morgan fingerprint density at radius 3 is 2.76 bits per heavy atom. The van der Waals surface area contributed by atoms with E-state index in [4.69, 9.17) is 21.1 Å². The summed E-state index contributed by atoms with van der Waals surface area (Å²) in [5, 5.41) is 8.21. The molecular weight excluding hydrogens is 296 g/mol. The first-order chi connectivity index (χ1) is 10.1. The van der Waals surface area contributed by atoms with Crippen LogP contribution in [0.15, 0.2) is 16.9 Å². The first-order valence-corrected chi connectivity index (χ1v) is 6.91. The number of tetrazole rings is 1. The fourth-order valence-electron chi connectivity index (χ4n) is 1.88. The summed E-state index contributed by atoms with van der Waals surface area (Å²) in [6.45, 7) is 4.40. The van der Waals surface area contributed by atoms with Gasteiger partial charge in [0.1, 0.15) is 5.75 Å². The summed E-state index contributed by atoms with van der Waals surface area (Å²) in [5.41, 5.74) is 1.09. The number of hydrogen-bond acceptors (Lipinski definition) is 5. The zero-order chi connectivity index (χ0) is 15.4. The maximum atomic E-state index is 12.2. The maximum absolute atomic E-state index is 12.2. The van der Waals surface area contributed by atoms with Crippen LogP contribution in [0.25, 0.3) is 5.69 Å². The minimum Gasteiger partial charge on any atom is -0.466 e. The maximum Gasteiger partial charge on any atom is 0.368 e. The first kappa shape index (κ1) is 15.5. The van der Waals surface area contributed by atoms with Crippen LogP contribution >= 0.6 is 11.6 Å². The van der Waals surface area contributed by atoms with E-state index >= 15 is 0 Å². The standard InChI is InChI=1S/C13H17ClN4O3/c1-4-5-17-13(19)18(16-15-17)11-7-12(21-8-20-3)10(14)6-9(11)2/h6-7H,4-5,8H2,1-3H3. The van der Waals surface area contributed by atoms with E-state index in [2.05, 4.69) is 10.4 Å². The average Bonchev–Trinajstić information content (AvgIpc) is 2.80. The lowest BCUT2D eigenvalue weighted by atomic mass is 10.2. The van der Waals surface area contributed by atoms with Gasteiger partial charge in [0.05, 0.1) is 10.7 Å². The van der Waals surface area contributed by atoms with Gasteiger partial charge in [-0.15, -0.1) is 0 Å². The third-order valence-electron chi connectivity index (χ3n) is 2.89. The van der Waals surface area contributed by atoms with Gasteiger partial charge in [0.2, 0.25) is 0 Å². The predicted octanol–water partition coefficient (Wildman–Crippen LogP) is 1.78. The third-order valence-corrected chi connectivity index (χ3v) is 3.18. The summed E-state index contributed by atoms with van der Waals surface area (Å²) in [6, 6.07) is 3.37. The highest BCUT2D eigenvalue weighted by Gasteiger charge is 2.14. The van der Waals surface area contributed by atoms with Crippen LogP contribution in [0.3, 0.4) is 0 Å². The summed E-state index contributed by atoms with van der Waals surface area (Å²) in [7, 11) is 1.52. The van der Waals surface area contributed by atoms with E-state index in [0.29, 0.717) is 23.0 Å². The van der Waals surface area contributed by atoms with E-state index in [1.807, 2.05) is 13.8 Å². The number of rotatable bonds is 6. The minimum atomic E-state index is -0.292. The number of ether oxygens (including phenoxy) is 2. The van der Waals surface area contributed by atoms with Crippen molar-refractivity contribution in [1.82, 2.24) is 19.8 Å². The van der Waals surface area contributed by atoms with Crippen molar-refractivity contribution in [3.63, 3.8) is 0 Å². The smallest absolute Gasteiger partial charge is 0.368 e. The second kappa shape index (κ2) is 6.73. The molecule has 21 heavy (non-hydrogen) atoms. The molecule has 1 heterocycles. The molecule has 0 atom stereocenters. The number of methoxy groups -OCH3 is 1. The summed E-state index contributed by atoms with van der Waals surface area (Å²) in [4.78, 5) is 12.2. The molecule has 0 N–H and O–H groups in total. The molecule has 0 aliphatic heterocycles. The highest BCUT2D eigenvalue weighted by Crippen LogP contribution is 2.29. The molecule has 0 aliphatic carbocycles. The Morgan fingerprint density at radius 2 is 2.10 bits per heavy atom. The van der Waals surface area contributed by atoms with E-state index in [1.165, 1.54) is 16.5 Å². The molecule has 0 radical (unpaired) electrons. The second-order valence-electron chi connectivity index (χ2n) is 4.52. The molecule has 0 unspecified atom stereocenters. The van der Waals surface area contributed by atoms with Crippen molar-refractivity contribution in [2.24, 2.45) is 0 Å². The van der Waals surface area contributed by atoms with Crippen LogP contribution in [0.1, 0.15) is 18.9 Å². The van der Waals surface area contributed by atoms with Crippen molar-refractivity contribution in [3.05, 3.63) is 33.2 Å². The Hall–Kier alpha value is -1.86. The number of aryl methyl sites for hydroxylation is 2. The second-order valence-corrected chi connectivity index (χ2v) is 4.92. The molecule has 114 valence electrons. The van der Waals surface area contributed by atoms with Gasteiger partial charge in [-0.1, -0.05) is 18.5 Å². The summed E-state index contributed by atoms with van der Waals surface area (Å²) >= 11 is 6.11.